The van der Waals surface area contributed by atoms with Crippen molar-refractivity contribution < 1.29 is 0 Å². The van der Waals surface area contributed by atoms with Gasteiger partial charge in [-0.2, -0.15) is 0 Å². The van der Waals surface area contributed by atoms with Crippen molar-refractivity contribution in [2.45, 2.75) is 52.6 Å². The Morgan fingerprint density at radius 2 is 1.89 bits per heavy atom. The molecule has 0 aliphatic heterocycles. The van der Waals surface area contributed by atoms with Gasteiger partial charge in [-0.25, -0.2) is 0 Å². The van der Waals surface area contributed by atoms with Crippen molar-refractivity contribution >= 4 is 10.9 Å². The van der Waals surface area contributed by atoms with Crippen molar-refractivity contribution in [3.63, 3.8) is 0 Å². The van der Waals surface area contributed by atoms with Crippen LogP contribution in [0.4, 0.5) is 0 Å². The van der Waals surface area contributed by atoms with E-state index in [1.807, 2.05) is 0 Å². The molecule has 2 nitrogen and oxygen atoms in total. The molecule has 0 saturated heterocycles. The van der Waals surface area contributed by atoms with Crippen LogP contribution in [0.5, 0.6) is 0 Å². The summed E-state index contributed by atoms with van der Waals surface area (Å²) in [5.41, 5.74) is 2.60. The third kappa shape index (κ3) is 4.10. The molecule has 1 unspecified atom stereocenters. The number of benzene rings is 1. The molecule has 0 saturated carbocycles. The summed E-state index contributed by atoms with van der Waals surface area (Å²) in [6.45, 7) is 7.83. The van der Waals surface area contributed by atoms with Gasteiger partial charge in [-0.05, 0) is 30.9 Å². The molecule has 0 bridgehead atoms. The molecule has 1 heterocycles. The summed E-state index contributed by atoms with van der Waals surface area (Å²) < 4.78 is 0. The first-order valence-electron chi connectivity index (χ1n) is 7.45. The van der Waals surface area contributed by atoms with Crippen LogP contribution in [0.15, 0.2) is 30.5 Å². The number of H-pyrrole nitrogens is 1. The number of nitrogens with one attached hydrogen (secondary N) is 2. The first-order valence-corrected chi connectivity index (χ1v) is 7.45. The van der Waals surface area contributed by atoms with Crippen LogP contribution >= 0.6 is 0 Å². The number of fused-ring (bicyclic) bond motifs is 1. The minimum absolute atomic E-state index is 0.590. The van der Waals surface area contributed by atoms with Gasteiger partial charge in [0.05, 0.1) is 0 Å². The van der Waals surface area contributed by atoms with Crippen LogP contribution in [0.25, 0.3) is 10.9 Å². The average Bonchev–Trinajstić information content (AvgIpc) is 2.79. The smallest absolute Gasteiger partial charge is 0.0457 e. The quantitative estimate of drug-likeness (QED) is 0.753. The minimum Gasteiger partial charge on any atom is -0.361 e. The third-order valence-electron chi connectivity index (χ3n) is 3.73. The molecule has 0 aliphatic rings. The molecular formula is C17H26N2. The third-order valence-corrected chi connectivity index (χ3v) is 3.73. The zero-order valence-corrected chi connectivity index (χ0v) is 12.4. The second kappa shape index (κ2) is 6.76. The summed E-state index contributed by atoms with van der Waals surface area (Å²) in [5, 5.41) is 4.97. The Balaban J connectivity index is 1.81. The molecule has 0 amide bonds. The number of aromatic nitrogens is 1. The normalized spacial score (nSPS) is 13.3. The lowest BCUT2D eigenvalue weighted by molar-refractivity contribution is 0.457. The maximum atomic E-state index is 3.63. The van der Waals surface area contributed by atoms with Gasteiger partial charge in [0.25, 0.3) is 0 Å². The minimum atomic E-state index is 0.590. The zero-order valence-electron chi connectivity index (χ0n) is 12.4. The van der Waals surface area contributed by atoms with Gasteiger partial charge in [0, 0.05) is 29.7 Å². The molecular weight excluding hydrogens is 232 g/mol. The standard InChI is InChI=1S/C17H26N2/c1-13(2)7-6-8-14(3)18-11-15-12-19-17-10-5-4-9-16(15)17/h4-5,9-10,12-14,18-19H,6-8,11H2,1-3H3. The molecule has 1 aromatic carbocycles. The van der Waals surface area contributed by atoms with Crippen molar-refractivity contribution in [2.24, 2.45) is 5.92 Å². The largest absolute Gasteiger partial charge is 0.361 e. The van der Waals surface area contributed by atoms with E-state index in [0.29, 0.717) is 6.04 Å². The highest BCUT2D eigenvalue weighted by atomic mass is 14.9. The van der Waals surface area contributed by atoms with E-state index in [2.05, 4.69) is 61.5 Å². The Bertz CT molecular complexity index is 499. The van der Waals surface area contributed by atoms with E-state index in [4.69, 9.17) is 0 Å². The predicted molar refractivity (Wildman–Crippen MR) is 83.3 cm³/mol. The molecule has 0 radical (unpaired) electrons. The number of aromatic amines is 1. The molecule has 2 heteroatoms. The first-order chi connectivity index (χ1) is 9.16. The highest BCUT2D eigenvalue weighted by molar-refractivity contribution is 5.82. The SMILES string of the molecule is CC(C)CCCC(C)NCc1c[nH]c2ccccc12. The molecule has 2 aromatic rings. The summed E-state index contributed by atoms with van der Waals surface area (Å²) >= 11 is 0. The van der Waals surface area contributed by atoms with Crippen molar-refractivity contribution in [1.82, 2.24) is 10.3 Å². The monoisotopic (exact) mass is 258 g/mol. The average molecular weight is 258 g/mol. The number of hydrogen-bond acceptors (Lipinski definition) is 1. The molecule has 2 rings (SSSR count). The van der Waals surface area contributed by atoms with Crippen LogP contribution in [0.2, 0.25) is 0 Å². The van der Waals surface area contributed by atoms with Gasteiger partial charge in [-0.1, -0.05) is 44.9 Å². The first kappa shape index (κ1) is 14.1. The van der Waals surface area contributed by atoms with Gasteiger partial charge in [-0.3, -0.25) is 0 Å². The topological polar surface area (TPSA) is 27.8 Å². The Hall–Kier alpha value is -1.28. The zero-order chi connectivity index (χ0) is 13.7. The summed E-state index contributed by atoms with van der Waals surface area (Å²) in [6.07, 6.45) is 6.04. The molecule has 104 valence electrons. The highest BCUT2D eigenvalue weighted by Gasteiger charge is 2.06. The van der Waals surface area contributed by atoms with Crippen LogP contribution in [-0.2, 0) is 6.54 Å². The van der Waals surface area contributed by atoms with E-state index < -0.39 is 0 Å². The van der Waals surface area contributed by atoms with Gasteiger partial charge in [0.15, 0.2) is 0 Å². The van der Waals surface area contributed by atoms with Crippen LogP contribution in [-0.4, -0.2) is 11.0 Å². The molecule has 2 N–H and O–H groups in total. The fourth-order valence-electron chi connectivity index (χ4n) is 2.50. The summed E-state index contributed by atoms with van der Waals surface area (Å²) in [4.78, 5) is 3.33. The van der Waals surface area contributed by atoms with Crippen molar-refractivity contribution in [3.05, 3.63) is 36.0 Å². The van der Waals surface area contributed by atoms with Crippen LogP contribution < -0.4 is 5.32 Å². The van der Waals surface area contributed by atoms with Crippen LogP contribution in [0.1, 0.15) is 45.6 Å². The number of para-hydroxylation sites is 1. The van der Waals surface area contributed by atoms with Gasteiger partial charge in [0.1, 0.15) is 0 Å². The van der Waals surface area contributed by atoms with Crippen LogP contribution in [0.3, 0.4) is 0 Å². The molecule has 1 atom stereocenters. The number of rotatable bonds is 7. The van der Waals surface area contributed by atoms with Gasteiger partial charge >= 0.3 is 0 Å². The summed E-state index contributed by atoms with van der Waals surface area (Å²) in [7, 11) is 0. The molecule has 19 heavy (non-hydrogen) atoms. The van der Waals surface area contributed by atoms with E-state index >= 15 is 0 Å². The molecule has 1 aromatic heterocycles. The molecule has 0 aliphatic carbocycles. The Kier molecular flexibility index (Phi) is 5.03. The van der Waals surface area contributed by atoms with Crippen molar-refractivity contribution in [1.29, 1.82) is 0 Å². The molecule has 0 spiro atoms. The predicted octanol–water partition coefficient (Wildman–Crippen LogP) is 4.47. The van der Waals surface area contributed by atoms with E-state index in [-0.39, 0.29) is 0 Å². The Morgan fingerprint density at radius 1 is 1.11 bits per heavy atom. The molecule has 0 fully saturated rings. The van der Waals surface area contributed by atoms with E-state index in [1.54, 1.807) is 0 Å². The van der Waals surface area contributed by atoms with Gasteiger partial charge < -0.3 is 10.3 Å². The fourth-order valence-corrected chi connectivity index (χ4v) is 2.50. The van der Waals surface area contributed by atoms with Crippen LogP contribution in [0, 0.1) is 5.92 Å². The van der Waals surface area contributed by atoms with Crippen molar-refractivity contribution in [2.75, 3.05) is 0 Å². The lowest BCUT2D eigenvalue weighted by atomic mass is 10.0. The maximum Gasteiger partial charge on any atom is 0.0457 e. The van der Waals surface area contributed by atoms with Gasteiger partial charge in [-0.15, -0.1) is 0 Å². The lowest BCUT2D eigenvalue weighted by Crippen LogP contribution is -2.25. The fraction of sp³-hybridized carbons (Fsp3) is 0.529. The summed E-state index contributed by atoms with van der Waals surface area (Å²) in [5.74, 6) is 0.820. The van der Waals surface area contributed by atoms with E-state index in [1.165, 1.54) is 35.7 Å². The van der Waals surface area contributed by atoms with E-state index in [9.17, 15) is 0 Å². The van der Waals surface area contributed by atoms with Gasteiger partial charge in [0.2, 0.25) is 0 Å². The van der Waals surface area contributed by atoms with Crippen molar-refractivity contribution in [3.8, 4) is 0 Å². The Morgan fingerprint density at radius 3 is 2.68 bits per heavy atom. The maximum absolute atomic E-state index is 3.63. The second-order valence-corrected chi connectivity index (χ2v) is 5.97. The Labute approximate surface area is 116 Å². The summed E-state index contributed by atoms with van der Waals surface area (Å²) in [6, 6.07) is 9.08. The highest BCUT2D eigenvalue weighted by Crippen LogP contribution is 2.17. The van der Waals surface area contributed by atoms with E-state index in [0.717, 1.165) is 12.5 Å². The number of hydrogen-bond donors (Lipinski definition) is 2. The second-order valence-electron chi connectivity index (χ2n) is 5.97. The lowest BCUT2D eigenvalue weighted by Gasteiger charge is -2.14.